The fraction of sp³-hybridized carbons (Fsp3) is 0.450. The van der Waals surface area contributed by atoms with Crippen molar-refractivity contribution < 1.29 is 0 Å². The second-order valence-electron chi connectivity index (χ2n) is 6.62. The Morgan fingerprint density at radius 3 is 2.30 bits per heavy atom. The van der Waals surface area contributed by atoms with E-state index in [0.717, 1.165) is 23.0 Å². The summed E-state index contributed by atoms with van der Waals surface area (Å²) >= 11 is 11.9. The van der Waals surface area contributed by atoms with E-state index in [9.17, 15) is 0 Å². The zero-order valence-electron chi connectivity index (χ0n) is 13.6. The molecule has 1 fully saturated rings. The number of benzene rings is 1. The molecule has 0 aliphatic heterocycles. The predicted octanol–water partition coefficient (Wildman–Crippen LogP) is 7.13. The van der Waals surface area contributed by atoms with Gasteiger partial charge in [-0.1, -0.05) is 67.2 Å². The van der Waals surface area contributed by atoms with Crippen LogP contribution in [0.3, 0.4) is 0 Å². The summed E-state index contributed by atoms with van der Waals surface area (Å²) in [5.41, 5.74) is 3.62. The van der Waals surface area contributed by atoms with Crippen molar-refractivity contribution in [3.8, 4) is 11.1 Å². The van der Waals surface area contributed by atoms with Gasteiger partial charge in [0.25, 0.3) is 0 Å². The molecule has 1 aromatic heterocycles. The third-order valence-corrected chi connectivity index (χ3v) is 5.74. The van der Waals surface area contributed by atoms with Crippen molar-refractivity contribution in [3.63, 3.8) is 0 Å². The minimum absolute atomic E-state index is 0.357. The van der Waals surface area contributed by atoms with Gasteiger partial charge in [0.05, 0.1) is 5.02 Å². The number of hydrogen-bond donors (Lipinski definition) is 0. The van der Waals surface area contributed by atoms with Crippen LogP contribution in [-0.2, 0) is 0 Å². The third kappa shape index (κ3) is 4.08. The van der Waals surface area contributed by atoms with Gasteiger partial charge in [0.15, 0.2) is 0 Å². The van der Waals surface area contributed by atoms with E-state index < -0.39 is 0 Å². The number of halogens is 2. The Kier molecular flexibility index (Phi) is 5.61. The van der Waals surface area contributed by atoms with E-state index in [2.05, 4.69) is 36.2 Å². The monoisotopic (exact) mass is 347 g/mol. The molecule has 0 saturated heterocycles. The summed E-state index contributed by atoms with van der Waals surface area (Å²) in [6.07, 6.45) is 9.93. The van der Waals surface area contributed by atoms with E-state index in [-0.39, 0.29) is 0 Å². The van der Waals surface area contributed by atoms with Crippen LogP contribution >= 0.6 is 23.2 Å². The SMILES string of the molecule is CCCC1CCC(c2ccc(-c3cnc(Cl)c(Cl)c3)cc2)CC1. The molecule has 1 nitrogen and oxygen atoms in total. The smallest absolute Gasteiger partial charge is 0.147 e. The van der Waals surface area contributed by atoms with Gasteiger partial charge in [-0.25, -0.2) is 4.98 Å². The second-order valence-corrected chi connectivity index (χ2v) is 7.39. The number of aromatic nitrogens is 1. The van der Waals surface area contributed by atoms with Gasteiger partial charge in [-0.05, 0) is 54.7 Å². The van der Waals surface area contributed by atoms with Crippen LogP contribution in [0.5, 0.6) is 0 Å². The topological polar surface area (TPSA) is 12.9 Å². The van der Waals surface area contributed by atoms with E-state index in [0.29, 0.717) is 10.2 Å². The average Bonchev–Trinajstić information content (AvgIpc) is 2.59. The molecule has 3 heteroatoms. The highest BCUT2D eigenvalue weighted by Gasteiger charge is 2.21. The lowest BCUT2D eigenvalue weighted by atomic mass is 9.77. The Hall–Kier alpha value is -1.05. The van der Waals surface area contributed by atoms with Crippen molar-refractivity contribution in [2.24, 2.45) is 5.92 Å². The molecule has 0 amide bonds. The van der Waals surface area contributed by atoms with E-state index >= 15 is 0 Å². The van der Waals surface area contributed by atoms with Crippen molar-refractivity contribution in [3.05, 3.63) is 52.3 Å². The molecule has 1 saturated carbocycles. The molecular weight excluding hydrogens is 325 g/mol. The average molecular weight is 348 g/mol. The molecule has 1 aliphatic carbocycles. The first-order valence-electron chi connectivity index (χ1n) is 8.58. The molecular formula is C20H23Cl2N. The minimum Gasteiger partial charge on any atom is -0.242 e. The first kappa shape index (κ1) is 16.8. The van der Waals surface area contributed by atoms with Crippen molar-refractivity contribution >= 4 is 23.2 Å². The van der Waals surface area contributed by atoms with Gasteiger partial charge in [-0.2, -0.15) is 0 Å². The van der Waals surface area contributed by atoms with Crippen LogP contribution in [0.2, 0.25) is 10.2 Å². The molecule has 1 aromatic carbocycles. The molecule has 2 aromatic rings. The van der Waals surface area contributed by atoms with E-state index in [1.165, 1.54) is 44.1 Å². The Balaban J connectivity index is 1.69. The number of nitrogens with zero attached hydrogens (tertiary/aromatic N) is 1. The summed E-state index contributed by atoms with van der Waals surface area (Å²) in [6, 6.07) is 10.8. The molecule has 122 valence electrons. The molecule has 23 heavy (non-hydrogen) atoms. The zero-order chi connectivity index (χ0) is 16.2. The summed E-state index contributed by atoms with van der Waals surface area (Å²) < 4.78 is 0. The highest BCUT2D eigenvalue weighted by Crippen LogP contribution is 2.38. The molecule has 0 N–H and O–H groups in total. The lowest BCUT2D eigenvalue weighted by molar-refractivity contribution is 0.308. The summed E-state index contributed by atoms with van der Waals surface area (Å²) in [7, 11) is 0. The van der Waals surface area contributed by atoms with Crippen molar-refractivity contribution in [2.75, 3.05) is 0 Å². The van der Waals surface area contributed by atoms with Crippen LogP contribution in [0.1, 0.15) is 56.9 Å². The van der Waals surface area contributed by atoms with Gasteiger partial charge in [-0.15, -0.1) is 0 Å². The number of hydrogen-bond acceptors (Lipinski definition) is 1. The largest absolute Gasteiger partial charge is 0.242 e. The van der Waals surface area contributed by atoms with Gasteiger partial charge < -0.3 is 0 Å². The quantitative estimate of drug-likeness (QED) is 0.536. The Labute approximate surface area is 149 Å². The third-order valence-electron chi connectivity index (χ3n) is 5.06. The number of pyridine rings is 1. The van der Waals surface area contributed by atoms with Crippen LogP contribution in [0, 0.1) is 5.92 Å². The molecule has 0 atom stereocenters. The van der Waals surface area contributed by atoms with Crippen molar-refractivity contribution in [2.45, 2.75) is 51.4 Å². The van der Waals surface area contributed by atoms with Gasteiger partial charge in [0, 0.05) is 11.8 Å². The van der Waals surface area contributed by atoms with Crippen molar-refractivity contribution in [1.82, 2.24) is 4.98 Å². The Morgan fingerprint density at radius 2 is 1.70 bits per heavy atom. The molecule has 0 radical (unpaired) electrons. The van der Waals surface area contributed by atoms with Gasteiger partial charge in [0.2, 0.25) is 0 Å². The van der Waals surface area contributed by atoms with E-state index in [1.54, 1.807) is 6.20 Å². The lowest BCUT2D eigenvalue weighted by Gasteiger charge is -2.28. The standard InChI is InChI=1S/C20H23Cl2N/c1-2-3-14-4-6-15(7-5-14)16-8-10-17(11-9-16)18-12-19(21)20(22)23-13-18/h8-15H,2-7H2,1H3. The molecule has 0 unspecified atom stereocenters. The van der Waals surface area contributed by atoms with E-state index in [1.807, 2.05) is 6.07 Å². The first-order chi connectivity index (χ1) is 11.2. The van der Waals surface area contributed by atoms with Gasteiger partial charge in [-0.3, -0.25) is 0 Å². The zero-order valence-corrected chi connectivity index (χ0v) is 15.1. The van der Waals surface area contributed by atoms with Crippen LogP contribution in [0.15, 0.2) is 36.5 Å². The molecule has 0 spiro atoms. The predicted molar refractivity (Wildman–Crippen MR) is 99.3 cm³/mol. The first-order valence-corrected chi connectivity index (χ1v) is 9.34. The molecule has 1 aliphatic rings. The summed E-state index contributed by atoms with van der Waals surface area (Å²) in [6.45, 7) is 2.29. The van der Waals surface area contributed by atoms with Gasteiger partial charge >= 0.3 is 0 Å². The lowest BCUT2D eigenvalue weighted by Crippen LogP contribution is -2.13. The summed E-state index contributed by atoms with van der Waals surface area (Å²) in [4.78, 5) is 4.13. The maximum atomic E-state index is 6.06. The Bertz CT molecular complexity index is 643. The van der Waals surface area contributed by atoms with Crippen molar-refractivity contribution in [1.29, 1.82) is 0 Å². The fourth-order valence-corrected chi connectivity index (χ4v) is 3.99. The van der Waals surface area contributed by atoms with Crippen LogP contribution in [0.25, 0.3) is 11.1 Å². The summed E-state index contributed by atoms with van der Waals surface area (Å²) in [5, 5.41) is 0.860. The maximum Gasteiger partial charge on any atom is 0.147 e. The normalized spacial score (nSPS) is 21.3. The Morgan fingerprint density at radius 1 is 1.00 bits per heavy atom. The van der Waals surface area contributed by atoms with Crippen LogP contribution < -0.4 is 0 Å². The molecule has 1 heterocycles. The molecule has 0 bridgehead atoms. The summed E-state index contributed by atoms with van der Waals surface area (Å²) in [5.74, 6) is 1.68. The minimum atomic E-state index is 0.357. The number of rotatable bonds is 4. The molecule has 3 rings (SSSR count). The maximum absolute atomic E-state index is 6.06. The highest BCUT2D eigenvalue weighted by atomic mass is 35.5. The van der Waals surface area contributed by atoms with E-state index in [4.69, 9.17) is 23.2 Å². The van der Waals surface area contributed by atoms with Crippen LogP contribution in [-0.4, -0.2) is 4.98 Å². The van der Waals surface area contributed by atoms with Gasteiger partial charge in [0.1, 0.15) is 5.15 Å². The fourth-order valence-electron chi connectivity index (χ4n) is 3.72. The van der Waals surface area contributed by atoms with Crippen LogP contribution in [0.4, 0.5) is 0 Å². The second kappa shape index (κ2) is 7.68. The highest BCUT2D eigenvalue weighted by molar-refractivity contribution is 6.41.